The van der Waals surface area contributed by atoms with E-state index in [4.69, 9.17) is 0 Å². The second kappa shape index (κ2) is 4.89. The lowest BCUT2D eigenvalue weighted by Gasteiger charge is -2.13. The summed E-state index contributed by atoms with van der Waals surface area (Å²) in [7, 11) is 0. The summed E-state index contributed by atoms with van der Waals surface area (Å²) >= 11 is 0. The first-order chi connectivity index (χ1) is 7.34. The van der Waals surface area contributed by atoms with E-state index in [1.807, 2.05) is 18.3 Å². The Morgan fingerprint density at radius 2 is 2.40 bits per heavy atom. The number of carbonyl (C=O) groups excluding carboxylic acids is 1. The third-order valence-corrected chi connectivity index (χ3v) is 2.52. The summed E-state index contributed by atoms with van der Waals surface area (Å²) in [5, 5.41) is 6.19. The number of rotatable bonds is 2. The number of carbonyl (C=O) groups is 1. The summed E-state index contributed by atoms with van der Waals surface area (Å²) in [5.74, 6) is 0.133. The molecule has 1 aromatic heterocycles. The molecular weight excluding hydrogens is 190 g/mol. The lowest BCUT2D eigenvalue weighted by Crippen LogP contribution is -2.32. The molecule has 2 heterocycles. The minimum Gasteiger partial charge on any atom is -0.355 e. The summed E-state index contributed by atoms with van der Waals surface area (Å²) in [5.41, 5.74) is 1.17. The fraction of sp³-hybridized carbons (Fsp3) is 0.455. The number of nitrogens with one attached hydrogen (secondary N) is 2. The van der Waals surface area contributed by atoms with E-state index >= 15 is 0 Å². The van der Waals surface area contributed by atoms with Crippen LogP contribution in [0.4, 0.5) is 0 Å². The standard InChI is InChI=1S/C11H15N3O/c15-11-7-10(13-4-5-14-11)6-9-2-1-3-12-8-9/h1-3,8,10,13H,4-7H2,(H,14,15). The van der Waals surface area contributed by atoms with Crippen LogP contribution in [-0.2, 0) is 11.2 Å². The van der Waals surface area contributed by atoms with Gasteiger partial charge in [-0.3, -0.25) is 9.78 Å². The molecule has 4 nitrogen and oxygen atoms in total. The first-order valence-corrected chi connectivity index (χ1v) is 5.23. The molecule has 1 unspecified atom stereocenters. The third-order valence-electron chi connectivity index (χ3n) is 2.52. The Balaban J connectivity index is 1.96. The van der Waals surface area contributed by atoms with Crippen LogP contribution in [0.3, 0.4) is 0 Å². The Hall–Kier alpha value is -1.42. The average Bonchev–Trinajstić information content (AvgIpc) is 2.44. The van der Waals surface area contributed by atoms with E-state index in [0.29, 0.717) is 6.42 Å². The molecule has 1 fully saturated rings. The summed E-state index contributed by atoms with van der Waals surface area (Å²) in [4.78, 5) is 15.4. The van der Waals surface area contributed by atoms with Crippen LogP contribution in [0, 0.1) is 0 Å². The zero-order valence-corrected chi connectivity index (χ0v) is 8.57. The maximum atomic E-state index is 11.3. The Kier molecular flexibility index (Phi) is 3.29. The molecule has 1 saturated heterocycles. The van der Waals surface area contributed by atoms with Gasteiger partial charge < -0.3 is 10.6 Å². The van der Waals surface area contributed by atoms with Crippen molar-refractivity contribution >= 4 is 5.91 Å². The Morgan fingerprint density at radius 3 is 3.20 bits per heavy atom. The molecule has 1 atom stereocenters. The van der Waals surface area contributed by atoms with E-state index in [-0.39, 0.29) is 11.9 Å². The number of nitrogens with zero attached hydrogens (tertiary/aromatic N) is 1. The lowest BCUT2D eigenvalue weighted by molar-refractivity contribution is -0.121. The number of hydrogen-bond donors (Lipinski definition) is 2. The molecule has 1 aromatic rings. The minimum atomic E-state index is 0.133. The highest BCUT2D eigenvalue weighted by Gasteiger charge is 2.16. The van der Waals surface area contributed by atoms with Crippen molar-refractivity contribution in [1.82, 2.24) is 15.6 Å². The summed E-state index contributed by atoms with van der Waals surface area (Å²) in [6, 6.07) is 4.19. The minimum absolute atomic E-state index is 0.133. The molecule has 0 spiro atoms. The van der Waals surface area contributed by atoms with Crippen molar-refractivity contribution in [3.63, 3.8) is 0 Å². The molecule has 0 aliphatic carbocycles. The fourth-order valence-electron chi connectivity index (χ4n) is 1.79. The molecule has 2 N–H and O–H groups in total. The predicted molar refractivity (Wildman–Crippen MR) is 57.4 cm³/mol. The molecular formula is C11H15N3O. The molecule has 15 heavy (non-hydrogen) atoms. The topological polar surface area (TPSA) is 54.0 Å². The molecule has 2 rings (SSSR count). The van der Waals surface area contributed by atoms with Gasteiger partial charge in [-0.1, -0.05) is 6.07 Å². The molecule has 1 aliphatic heterocycles. The van der Waals surface area contributed by atoms with Gasteiger partial charge in [0.05, 0.1) is 0 Å². The largest absolute Gasteiger partial charge is 0.355 e. The van der Waals surface area contributed by atoms with Crippen molar-refractivity contribution in [2.45, 2.75) is 18.9 Å². The van der Waals surface area contributed by atoms with E-state index in [1.54, 1.807) is 6.20 Å². The second-order valence-corrected chi connectivity index (χ2v) is 3.77. The van der Waals surface area contributed by atoms with Crippen molar-refractivity contribution < 1.29 is 4.79 Å². The van der Waals surface area contributed by atoms with Gasteiger partial charge >= 0.3 is 0 Å². The molecule has 0 radical (unpaired) electrons. The first-order valence-electron chi connectivity index (χ1n) is 5.23. The second-order valence-electron chi connectivity index (χ2n) is 3.77. The van der Waals surface area contributed by atoms with Gasteiger partial charge in [0, 0.05) is 37.9 Å². The summed E-state index contributed by atoms with van der Waals surface area (Å²) < 4.78 is 0. The van der Waals surface area contributed by atoms with Crippen molar-refractivity contribution in [2.75, 3.05) is 13.1 Å². The molecule has 0 saturated carbocycles. The van der Waals surface area contributed by atoms with Gasteiger partial charge in [-0.25, -0.2) is 0 Å². The van der Waals surface area contributed by atoms with E-state index in [2.05, 4.69) is 15.6 Å². The summed E-state index contributed by atoms with van der Waals surface area (Å²) in [6.45, 7) is 1.57. The first kappa shape index (κ1) is 10.1. The predicted octanol–water partition coefficient (Wildman–Crippen LogP) is 0.102. The van der Waals surface area contributed by atoms with Gasteiger partial charge in [-0.2, -0.15) is 0 Å². The van der Waals surface area contributed by atoms with E-state index < -0.39 is 0 Å². The van der Waals surface area contributed by atoms with E-state index in [0.717, 1.165) is 19.5 Å². The number of aromatic nitrogens is 1. The molecule has 1 aliphatic rings. The number of amides is 1. The normalized spacial score (nSPS) is 21.9. The zero-order chi connectivity index (χ0) is 10.5. The lowest BCUT2D eigenvalue weighted by atomic mass is 10.1. The highest BCUT2D eigenvalue weighted by atomic mass is 16.1. The van der Waals surface area contributed by atoms with Gasteiger partial charge in [-0.15, -0.1) is 0 Å². The van der Waals surface area contributed by atoms with Crippen LogP contribution >= 0.6 is 0 Å². The smallest absolute Gasteiger partial charge is 0.221 e. The molecule has 0 aromatic carbocycles. The Morgan fingerprint density at radius 1 is 1.47 bits per heavy atom. The van der Waals surface area contributed by atoms with Crippen LogP contribution in [0.25, 0.3) is 0 Å². The third kappa shape index (κ3) is 3.02. The van der Waals surface area contributed by atoms with Gasteiger partial charge in [0.15, 0.2) is 0 Å². The van der Waals surface area contributed by atoms with Crippen LogP contribution in [0.5, 0.6) is 0 Å². The monoisotopic (exact) mass is 205 g/mol. The number of pyridine rings is 1. The quantitative estimate of drug-likeness (QED) is 0.720. The molecule has 0 bridgehead atoms. The van der Waals surface area contributed by atoms with Crippen LogP contribution in [0.2, 0.25) is 0 Å². The van der Waals surface area contributed by atoms with Crippen LogP contribution in [0.1, 0.15) is 12.0 Å². The van der Waals surface area contributed by atoms with Crippen LogP contribution in [-0.4, -0.2) is 30.0 Å². The van der Waals surface area contributed by atoms with Gasteiger partial charge in [0.1, 0.15) is 0 Å². The molecule has 4 heteroatoms. The van der Waals surface area contributed by atoms with Gasteiger partial charge in [0.2, 0.25) is 5.91 Å². The van der Waals surface area contributed by atoms with Crippen molar-refractivity contribution in [3.8, 4) is 0 Å². The Bertz CT molecular complexity index is 326. The number of hydrogen-bond acceptors (Lipinski definition) is 3. The van der Waals surface area contributed by atoms with Crippen LogP contribution in [0.15, 0.2) is 24.5 Å². The maximum Gasteiger partial charge on any atom is 0.221 e. The molecule has 80 valence electrons. The highest BCUT2D eigenvalue weighted by Crippen LogP contribution is 2.05. The van der Waals surface area contributed by atoms with Gasteiger partial charge in [0.25, 0.3) is 0 Å². The van der Waals surface area contributed by atoms with Crippen molar-refractivity contribution in [1.29, 1.82) is 0 Å². The molecule has 1 amide bonds. The van der Waals surface area contributed by atoms with Crippen molar-refractivity contribution in [3.05, 3.63) is 30.1 Å². The van der Waals surface area contributed by atoms with E-state index in [1.165, 1.54) is 5.56 Å². The van der Waals surface area contributed by atoms with Crippen molar-refractivity contribution in [2.24, 2.45) is 0 Å². The Labute approximate surface area is 89.1 Å². The fourth-order valence-corrected chi connectivity index (χ4v) is 1.79. The van der Waals surface area contributed by atoms with Gasteiger partial charge in [-0.05, 0) is 18.1 Å². The van der Waals surface area contributed by atoms with Crippen LogP contribution < -0.4 is 10.6 Å². The maximum absolute atomic E-state index is 11.3. The summed E-state index contributed by atoms with van der Waals surface area (Å²) in [6.07, 6.45) is 5.03. The SMILES string of the molecule is O=C1CC(Cc2cccnc2)NCCN1. The average molecular weight is 205 g/mol. The zero-order valence-electron chi connectivity index (χ0n) is 8.57. The highest BCUT2D eigenvalue weighted by molar-refractivity contribution is 5.76. The van der Waals surface area contributed by atoms with E-state index in [9.17, 15) is 4.79 Å².